The summed E-state index contributed by atoms with van der Waals surface area (Å²) in [6.07, 6.45) is 0. The number of nitrogens with one attached hydrogen (secondary N) is 1. The molecule has 8 heteroatoms. The van der Waals surface area contributed by atoms with Crippen LogP contribution < -0.4 is 9.46 Å². The van der Waals surface area contributed by atoms with Gasteiger partial charge in [-0.05, 0) is 43.7 Å². The number of nitrogens with zero attached hydrogens (tertiary/aromatic N) is 1. The van der Waals surface area contributed by atoms with E-state index in [1.54, 1.807) is 38.1 Å². The van der Waals surface area contributed by atoms with Gasteiger partial charge in [-0.15, -0.1) is 0 Å². The van der Waals surface area contributed by atoms with E-state index in [0.717, 1.165) is 11.1 Å². The maximum absolute atomic E-state index is 13.9. The Morgan fingerprint density at radius 3 is 2.76 bits per heavy atom. The molecule has 2 aromatic rings. The number of rotatable bonds is 4. The first-order valence-corrected chi connectivity index (χ1v) is 8.95. The minimum absolute atomic E-state index is 0.0503. The monoisotopic (exact) mass is 382 g/mol. The molecule has 1 unspecified atom stereocenters. The van der Waals surface area contributed by atoms with Crippen molar-refractivity contribution in [2.75, 3.05) is 0 Å². The molecule has 5 nitrogen and oxygen atoms in total. The van der Waals surface area contributed by atoms with Gasteiger partial charge < -0.3 is 4.74 Å². The van der Waals surface area contributed by atoms with Gasteiger partial charge >= 0.3 is 0 Å². The van der Waals surface area contributed by atoms with Crippen LogP contribution in [0.25, 0.3) is 0 Å². The second-order valence-electron chi connectivity index (χ2n) is 6.04. The lowest BCUT2D eigenvalue weighted by molar-refractivity contribution is 0.115. The maximum Gasteiger partial charge on any atom is 0.232 e. The molecule has 0 spiro atoms. The Bertz CT molecular complexity index is 886. The molecular weight excluding hydrogens is 367 g/mol. The average Bonchev–Trinajstić information content (AvgIpc) is 2.53. The molecule has 0 aliphatic carbocycles. The number of fused-ring (bicyclic) bond motifs is 1. The number of hydrogen-bond donors (Lipinski definition) is 2. The summed E-state index contributed by atoms with van der Waals surface area (Å²) in [6.45, 7) is 3.81. The van der Waals surface area contributed by atoms with Crippen LogP contribution in [0.1, 0.15) is 30.5 Å². The number of hydrogen-bond acceptors (Lipinski definition) is 3. The molecule has 0 saturated carbocycles. The van der Waals surface area contributed by atoms with Crippen molar-refractivity contribution in [1.29, 1.82) is 0 Å². The van der Waals surface area contributed by atoms with E-state index in [-0.39, 0.29) is 11.6 Å². The molecule has 1 aliphatic rings. The maximum atomic E-state index is 13.9. The highest BCUT2D eigenvalue weighted by molar-refractivity contribution is 7.77. The topological polar surface area (TPSA) is 70.9 Å². The first kappa shape index (κ1) is 18.0. The molecule has 0 bridgehead atoms. The summed E-state index contributed by atoms with van der Waals surface area (Å²) in [7, 11) is 0. The zero-order valence-electron chi connectivity index (χ0n) is 13.5. The predicted octanol–water partition coefficient (Wildman–Crippen LogP) is 3.67. The van der Waals surface area contributed by atoms with Crippen LogP contribution >= 0.6 is 11.6 Å². The van der Waals surface area contributed by atoms with Gasteiger partial charge in [0, 0.05) is 17.7 Å². The van der Waals surface area contributed by atoms with Crippen LogP contribution in [0.2, 0.25) is 5.02 Å². The van der Waals surface area contributed by atoms with Crippen LogP contribution in [0.3, 0.4) is 0 Å². The highest BCUT2D eigenvalue weighted by Crippen LogP contribution is 2.34. The van der Waals surface area contributed by atoms with E-state index in [2.05, 4.69) is 9.71 Å². The van der Waals surface area contributed by atoms with Gasteiger partial charge in [0.15, 0.2) is 5.72 Å². The molecule has 0 aromatic heterocycles. The molecule has 25 heavy (non-hydrogen) atoms. The van der Waals surface area contributed by atoms with E-state index >= 15 is 0 Å². The lowest BCUT2D eigenvalue weighted by atomic mass is 9.97. The normalized spacial score (nSPS) is 16.6. The Kier molecular flexibility index (Phi) is 4.92. The fourth-order valence-electron chi connectivity index (χ4n) is 2.59. The molecule has 132 valence electrons. The third kappa shape index (κ3) is 4.07. The molecule has 0 amide bonds. The number of aliphatic imine (C=N–C) groups is 1. The molecule has 1 heterocycles. The van der Waals surface area contributed by atoms with Crippen molar-refractivity contribution in [3.63, 3.8) is 0 Å². The molecule has 2 aromatic carbocycles. The van der Waals surface area contributed by atoms with Crippen molar-refractivity contribution in [3.05, 3.63) is 63.9 Å². The van der Waals surface area contributed by atoms with Crippen molar-refractivity contribution >= 4 is 28.6 Å². The van der Waals surface area contributed by atoms with Crippen LogP contribution in [0.15, 0.2) is 41.4 Å². The molecular formula is C17H16ClFN2O3S. The van der Waals surface area contributed by atoms with Crippen molar-refractivity contribution < 1.29 is 17.9 Å². The quantitative estimate of drug-likeness (QED) is 0.792. The zero-order chi connectivity index (χ0) is 18.2. The van der Waals surface area contributed by atoms with Gasteiger partial charge in [-0.2, -0.15) is 0 Å². The minimum Gasteiger partial charge on any atom is -0.466 e. The molecule has 0 saturated heterocycles. The highest BCUT2D eigenvalue weighted by atomic mass is 35.5. The molecule has 0 fully saturated rings. The lowest BCUT2D eigenvalue weighted by Crippen LogP contribution is -2.32. The smallest absolute Gasteiger partial charge is 0.232 e. The number of halogens is 2. The Balaban J connectivity index is 2.04. The standard InChI is InChI=1S/C17H16ClFN2O3S/c1-17(2)21-16(11-4-6-13(18)14(19)8-11)12-5-3-10(7-15(12)24-17)9-20-25(22)23/h3-8,20H,9H2,1-2H3,(H,22,23). The van der Waals surface area contributed by atoms with E-state index in [9.17, 15) is 8.60 Å². The first-order valence-electron chi connectivity index (χ1n) is 7.47. The Labute approximate surface area is 152 Å². The predicted molar refractivity (Wildman–Crippen MR) is 95.8 cm³/mol. The Morgan fingerprint density at radius 2 is 2.08 bits per heavy atom. The summed E-state index contributed by atoms with van der Waals surface area (Å²) in [4.78, 5) is 4.58. The molecule has 2 N–H and O–H groups in total. The van der Waals surface area contributed by atoms with Crippen molar-refractivity contribution in [1.82, 2.24) is 4.72 Å². The van der Waals surface area contributed by atoms with E-state index in [1.165, 1.54) is 12.1 Å². The second-order valence-corrected chi connectivity index (χ2v) is 7.23. The van der Waals surface area contributed by atoms with Gasteiger partial charge in [-0.25, -0.2) is 18.3 Å². The summed E-state index contributed by atoms with van der Waals surface area (Å²) >= 11 is 3.67. The van der Waals surface area contributed by atoms with E-state index in [0.29, 0.717) is 17.0 Å². The summed E-state index contributed by atoms with van der Waals surface area (Å²) in [5.74, 6) is 0.0624. The summed E-state index contributed by atoms with van der Waals surface area (Å²) in [6, 6.07) is 9.91. The summed E-state index contributed by atoms with van der Waals surface area (Å²) in [5.41, 5.74) is 1.87. The second kappa shape index (κ2) is 6.84. The summed E-state index contributed by atoms with van der Waals surface area (Å²) in [5, 5.41) is 0.0503. The molecule has 1 aliphatic heterocycles. The first-order chi connectivity index (χ1) is 11.7. The van der Waals surface area contributed by atoms with E-state index in [1.807, 2.05) is 0 Å². The largest absolute Gasteiger partial charge is 0.466 e. The fourth-order valence-corrected chi connectivity index (χ4v) is 2.99. The highest BCUT2D eigenvalue weighted by Gasteiger charge is 2.29. The van der Waals surface area contributed by atoms with Crippen LogP contribution in [0.4, 0.5) is 4.39 Å². The average molecular weight is 383 g/mol. The van der Waals surface area contributed by atoms with Crippen LogP contribution in [0.5, 0.6) is 5.75 Å². The Hall–Kier alpha value is -1.80. The van der Waals surface area contributed by atoms with Crippen LogP contribution in [-0.4, -0.2) is 20.2 Å². The van der Waals surface area contributed by atoms with Gasteiger partial charge in [0.2, 0.25) is 11.3 Å². The zero-order valence-corrected chi connectivity index (χ0v) is 15.1. The van der Waals surface area contributed by atoms with Gasteiger partial charge in [0.25, 0.3) is 0 Å². The SMILES string of the molecule is CC1(C)N=C(c2ccc(Cl)c(F)c2)c2ccc(CNS(=O)O)cc2O1. The third-order valence-electron chi connectivity index (χ3n) is 3.63. The Morgan fingerprint density at radius 1 is 1.32 bits per heavy atom. The van der Waals surface area contributed by atoms with Crippen LogP contribution in [-0.2, 0) is 17.8 Å². The van der Waals surface area contributed by atoms with Crippen molar-refractivity contribution in [3.8, 4) is 5.75 Å². The fraction of sp³-hybridized carbons (Fsp3) is 0.235. The van der Waals surface area contributed by atoms with Gasteiger partial charge in [-0.3, -0.25) is 4.55 Å². The minimum atomic E-state index is -2.09. The molecule has 1 atom stereocenters. The summed E-state index contributed by atoms with van der Waals surface area (Å²) < 4.78 is 41.8. The molecule has 3 rings (SSSR count). The van der Waals surface area contributed by atoms with Crippen molar-refractivity contribution in [2.45, 2.75) is 26.1 Å². The van der Waals surface area contributed by atoms with Crippen molar-refractivity contribution in [2.24, 2.45) is 4.99 Å². The number of ether oxygens (including phenoxy) is 1. The van der Waals surface area contributed by atoms with Gasteiger partial charge in [0.1, 0.15) is 11.6 Å². The lowest BCUT2D eigenvalue weighted by Gasteiger charge is -2.30. The van der Waals surface area contributed by atoms with Crippen LogP contribution in [0, 0.1) is 5.82 Å². The third-order valence-corrected chi connectivity index (χ3v) is 4.33. The number of benzene rings is 2. The molecule has 0 radical (unpaired) electrons. The van der Waals surface area contributed by atoms with Gasteiger partial charge in [-0.1, -0.05) is 23.7 Å². The van der Waals surface area contributed by atoms with E-state index in [4.69, 9.17) is 20.9 Å². The van der Waals surface area contributed by atoms with Gasteiger partial charge in [0.05, 0.1) is 10.7 Å². The van der Waals surface area contributed by atoms with E-state index < -0.39 is 22.8 Å².